The highest BCUT2D eigenvalue weighted by Gasteiger charge is 2.30. The first-order chi connectivity index (χ1) is 8.81. The van der Waals surface area contributed by atoms with Crippen molar-refractivity contribution >= 4 is 38.7 Å². The Morgan fingerprint density at radius 1 is 1.47 bits per heavy atom. The van der Waals surface area contributed by atoms with Crippen molar-refractivity contribution < 1.29 is 13.2 Å². The summed E-state index contributed by atoms with van der Waals surface area (Å²) in [6, 6.07) is 1.41. The number of pyridine rings is 1. The fraction of sp³-hybridized carbons (Fsp3) is 0.300. The van der Waals surface area contributed by atoms with Gasteiger partial charge in [-0.1, -0.05) is 11.8 Å². The fourth-order valence-electron chi connectivity index (χ4n) is 1.53. The molecule has 2 aromatic heterocycles. The van der Waals surface area contributed by atoms with Crippen LogP contribution in [0.4, 0.5) is 13.2 Å². The molecule has 0 spiro atoms. The Morgan fingerprint density at radius 3 is 2.74 bits per heavy atom. The molecule has 0 amide bonds. The summed E-state index contributed by atoms with van der Waals surface area (Å²) >= 11 is 4.14. The zero-order chi connectivity index (χ0) is 14.2. The fourth-order valence-corrected chi connectivity index (χ4v) is 2.33. The highest BCUT2D eigenvalue weighted by molar-refractivity contribution is 9.10. The minimum Gasteiger partial charge on any atom is -0.282 e. The van der Waals surface area contributed by atoms with Crippen molar-refractivity contribution in [1.82, 2.24) is 14.5 Å². The third kappa shape index (κ3) is 3.08. The van der Waals surface area contributed by atoms with Crippen LogP contribution in [0.2, 0.25) is 0 Å². The quantitative estimate of drug-likeness (QED) is 0.615. The molecule has 0 atom stereocenters. The second-order valence-electron chi connectivity index (χ2n) is 3.63. The van der Waals surface area contributed by atoms with E-state index in [0.29, 0.717) is 15.1 Å². The van der Waals surface area contributed by atoms with Crippen molar-refractivity contribution in [2.75, 3.05) is 6.26 Å². The molecule has 0 bridgehead atoms. The zero-order valence-corrected chi connectivity index (χ0v) is 11.9. The van der Waals surface area contributed by atoms with Crippen LogP contribution in [-0.4, -0.2) is 27.0 Å². The molecular formula is C10H7BrF3N3OS. The van der Waals surface area contributed by atoms with E-state index >= 15 is 0 Å². The minimum absolute atomic E-state index is 0.0233. The predicted molar refractivity (Wildman–Crippen MR) is 69.3 cm³/mol. The van der Waals surface area contributed by atoms with Gasteiger partial charge in [0.1, 0.15) is 12.2 Å². The van der Waals surface area contributed by atoms with Crippen molar-refractivity contribution in [3.8, 4) is 0 Å². The molecule has 4 nitrogen and oxygen atoms in total. The molecule has 0 aliphatic heterocycles. The van der Waals surface area contributed by atoms with Crippen molar-refractivity contribution in [2.24, 2.45) is 0 Å². The molecule has 0 aliphatic carbocycles. The number of fused-ring (bicyclic) bond motifs is 1. The zero-order valence-electron chi connectivity index (χ0n) is 9.53. The van der Waals surface area contributed by atoms with E-state index in [0.717, 1.165) is 0 Å². The Balaban J connectivity index is 2.76. The van der Waals surface area contributed by atoms with Crippen LogP contribution in [-0.2, 0) is 6.54 Å². The lowest BCUT2D eigenvalue weighted by Gasteiger charge is -2.12. The highest BCUT2D eigenvalue weighted by atomic mass is 79.9. The molecule has 2 aromatic rings. The average Bonchev–Trinajstić information content (AvgIpc) is 2.33. The predicted octanol–water partition coefficient (Wildman–Crippen LogP) is 2.84. The molecule has 102 valence electrons. The van der Waals surface area contributed by atoms with Crippen molar-refractivity contribution in [2.45, 2.75) is 17.9 Å². The average molecular weight is 354 g/mol. The SMILES string of the molecule is CSc1ncc2cc(Br)c(=O)n(CC(F)(F)F)c2n1. The monoisotopic (exact) mass is 353 g/mol. The van der Waals surface area contributed by atoms with Crippen molar-refractivity contribution in [3.63, 3.8) is 0 Å². The maximum absolute atomic E-state index is 12.5. The van der Waals surface area contributed by atoms with E-state index in [-0.39, 0.29) is 10.1 Å². The summed E-state index contributed by atoms with van der Waals surface area (Å²) in [5.74, 6) is 0. The molecule has 0 aromatic carbocycles. The van der Waals surface area contributed by atoms with Crippen LogP contribution >= 0.6 is 27.7 Å². The molecule has 0 fully saturated rings. The van der Waals surface area contributed by atoms with Gasteiger partial charge < -0.3 is 0 Å². The summed E-state index contributed by atoms with van der Waals surface area (Å²) in [5, 5.41) is 0.679. The first-order valence-electron chi connectivity index (χ1n) is 4.98. The van der Waals surface area contributed by atoms with Gasteiger partial charge in [-0.3, -0.25) is 9.36 Å². The van der Waals surface area contributed by atoms with Crippen LogP contribution in [0.1, 0.15) is 0 Å². The molecule has 2 heterocycles. The molecule has 0 aliphatic rings. The van der Waals surface area contributed by atoms with Gasteiger partial charge in [-0.15, -0.1) is 0 Å². The van der Waals surface area contributed by atoms with Gasteiger partial charge in [-0.25, -0.2) is 9.97 Å². The Morgan fingerprint density at radius 2 is 2.16 bits per heavy atom. The molecule has 19 heavy (non-hydrogen) atoms. The number of aromatic nitrogens is 3. The van der Waals surface area contributed by atoms with Crippen molar-refractivity contribution in [3.05, 3.63) is 27.1 Å². The number of hydrogen-bond acceptors (Lipinski definition) is 4. The first kappa shape index (κ1) is 14.3. The number of alkyl halides is 3. The third-order valence-corrected chi connectivity index (χ3v) is 3.41. The van der Waals surface area contributed by atoms with E-state index < -0.39 is 18.3 Å². The summed E-state index contributed by atoms with van der Waals surface area (Å²) in [4.78, 5) is 19.8. The molecule has 0 N–H and O–H groups in total. The second-order valence-corrected chi connectivity index (χ2v) is 5.26. The maximum atomic E-state index is 12.5. The van der Waals surface area contributed by atoms with Crippen molar-refractivity contribution in [1.29, 1.82) is 0 Å². The van der Waals surface area contributed by atoms with Gasteiger partial charge in [-0.2, -0.15) is 13.2 Å². The van der Waals surface area contributed by atoms with E-state index in [1.54, 1.807) is 6.26 Å². The van der Waals surface area contributed by atoms with Crippen LogP contribution in [0.5, 0.6) is 0 Å². The first-order valence-corrected chi connectivity index (χ1v) is 7.00. The highest BCUT2D eigenvalue weighted by Crippen LogP contribution is 2.22. The van der Waals surface area contributed by atoms with E-state index in [4.69, 9.17) is 0 Å². The van der Waals surface area contributed by atoms with Crippen LogP contribution in [0, 0.1) is 0 Å². The third-order valence-electron chi connectivity index (χ3n) is 2.28. The number of nitrogens with zero attached hydrogens (tertiary/aromatic N) is 3. The van der Waals surface area contributed by atoms with Gasteiger partial charge in [0.15, 0.2) is 5.16 Å². The largest absolute Gasteiger partial charge is 0.406 e. The Bertz CT molecular complexity index is 686. The van der Waals surface area contributed by atoms with Gasteiger partial charge in [-0.05, 0) is 28.3 Å². The lowest BCUT2D eigenvalue weighted by Crippen LogP contribution is -2.29. The van der Waals surface area contributed by atoms with E-state index in [2.05, 4.69) is 25.9 Å². The molecule has 0 saturated heterocycles. The molecule has 0 unspecified atom stereocenters. The van der Waals surface area contributed by atoms with E-state index in [9.17, 15) is 18.0 Å². The van der Waals surface area contributed by atoms with Gasteiger partial charge in [0.25, 0.3) is 5.56 Å². The lowest BCUT2D eigenvalue weighted by molar-refractivity contribution is -0.140. The standard InChI is InChI=1S/C10H7BrF3N3OS/c1-19-9-15-3-5-2-6(11)8(18)17(7(5)16-9)4-10(12,13)14/h2-3H,4H2,1H3. The van der Waals surface area contributed by atoms with E-state index in [1.165, 1.54) is 24.0 Å². The molecule has 2 rings (SSSR count). The second kappa shape index (κ2) is 5.12. The Labute approximate surface area is 118 Å². The summed E-state index contributed by atoms with van der Waals surface area (Å²) < 4.78 is 38.3. The summed E-state index contributed by atoms with van der Waals surface area (Å²) in [6.45, 7) is -1.38. The molecule has 0 radical (unpaired) electrons. The van der Waals surface area contributed by atoms with Crippen LogP contribution in [0.25, 0.3) is 11.0 Å². The number of hydrogen-bond donors (Lipinski definition) is 0. The van der Waals surface area contributed by atoms with Crippen LogP contribution < -0.4 is 5.56 Å². The summed E-state index contributed by atoms with van der Waals surface area (Å²) in [7, 11) is 0. The normalized spacial score (nSPS) is 12.1. The van der Waals surface area contributed by atoms with Gasteiger partial charge in [0.05, 0.1) is 4.47 Å². The summed E-state index contributed by atoms with van der Waals surface area (Å²) in [6.07, 6.45) is -1.40. The number of rotatable bonds is 2. The van der Waals surface area contributed by atoms with Gasteiger partial charge in [0, 0.05) is 11.6 Å². The Hall–Kier alpha value is -1.09. The van der Waals surface area contributed by atoms with E-state index in [1.807, 2.05) is 0 Å². The molecule has 9 heteroatoms. The van der Waals surface area contributed by atoms with Gasteiger partial charge in [0.2, 0.25) is 0 Å². The topological polar surface area (TPSA) is 47.8 Å². The minimum atomic E-state index is -4.50. The van der Waals surface area contributed by atoms with Gasteiger partial charge >= 0.3 is 6.18 Å². The smallest absolute Gasteiger partial charge is 0.282 e. The lowest BCUT2D eigenvalue weighted by atomic mass is 10.3. The molecule has 0 saturated carbocycles. The van der Waals surface area contributed by atoms with Crippen LogP contribution in [0.3, 0.4) is 0 Å². The maximum Gasteiger partial charge on any atom is 0.406 e. The van der Waals surface area contributed by atoms with Crippen LogP contribution in [0.15, 0.2) is 26.7 Å². The number of thioether (sulfide) groups is 1. The Kier molecular flexibility index (Phi) is 3.86. The summed E-state index contributed by atoms with van der Waals surface area (Å²) in [5.41, 5.74) is -0.791. The molecular weight excluding hydrogens is 347 g/mol. The number of halogens is 4.